The van der Waals surface area contributed by atoms with E-state index in [0.29, 0.717) is 6.54 Å². The fraction of sp³-hybridized carbons (Fsp3) is 0.222. The molecule has 1 heterocycles. The lowest BCUT2D eigenvalue weighted by molar-refractivity contribution is 0.414. The van der Waals surface area contributed by atoms with E-state index in [-0.39, 0.29) is 5.28 Å². The van der Waals surface area contributed by atoms with Crippen LogP contribution in [0.5, 0.6) is 5.75 Å². The number of nitrogens with zero attached hydrogens (tertiary/aromatic N) is 4. The first-order valence-electron chi connectivity index (χ1n) is 4.34. The quantitative estimate of drug-likeness (QED) is 0.791. The molecule has 0 spiro atoms. The van der Waals surface area contributed by atoms with Gasteiger partial charge in [-0.3, -0.25) is 0 Å². The van der Waals surface area contributed by atoms with Crippen LogP contribution >= 0.6 is 11.6 Å². The SMILES string of the molecule is COc1ccc(Cn2nnnc2Cl)cc1. The van der Waals surface area contributed by atoms with Gasteiger partial charge in [0, 0.05) is 0 Å². The Balaban J connectivity index is 2.14. The van der Waals surface area contributed by atoms with Crippen LogP contribution in [0, 0.1) is 0 Å². The third-order valence-corrected chi connectivity index (χ3v) is 2.25. The topological polar surface area (TPSA) is 52.8 Å². The highest BCUT2D eigenvalue weighted by Gasteiger charge is 2.02. The van der Waals surface area contributed by atoms with Gasteiger partial charge >= 0.3 is 0 Å². The largest absolute Gasteiger partial charge is 0.497 e. The number of aromatic nitrogens is 4. The predicted molar refractivity (Wildman–Crippen MR) is 54.9 cm³/mol. The maximum absolute atomic E-state index is 5.75. The molecule has 0 amide bonds. The lowest BCUT2D eigenvalue weighted by atomic mass is 10.2. The van der Waals surface area contributed by atoms with E-state index >= 15 is 0 Å². The summed E-state index contributed by atoms with van der Waals surface area (Å²) in [6, 6.07) is 7.65. The van der Waals surface area contributed by atoms with Gasteiger partial charge in [0.1, 0.15) is 5.75 Å². The normalized spacial score (nSPS) is 10.3. The second-order valence-electron chi connectivity index (χ2n) is 2.95. The Hall–Kier alpha value is -1.62. The van der Waals surface area contributed by atoms with Crippen LogP contribution in [0.4, 0.5) is 0 Å². The van der Waals surface area contributed by atoms with E-state index in [0.717, 1.165) is 11.3 Å². The van der Waals surface area contributed by atoms with Crippen molar-refractivity contribution in [3.63, 3.8) is 0 Å². The zero-order valence-corrected chi connectivity index (χ0v) is 8.85. The van der Waals surface area contributed by atoms with Crippen molar-refractivity contribution in [2.24, 2.45) is 0 Å². The summed E-state index contributed by atoms with van der Waals surface area (Å²) in [6.45, 7) is 0.551. The fourth-order valence-electron chi connectivity index (χ4n) is 1.19. The number of benzene rings is 1. The third kappa shape index (κ3) is 2.24. The van der Waals surface area contributed by atoms with Gasteiger partial charge in [0.2, 0.25) is 5.28 Å². The number of tetrazole rings is 1. The van der Waals surface area contributed by atoms with Crippen LogP contribution in [0.3, 0.4) is 0 Å². The highest BCUT2D eigenvalue weighted by atomic mass is 35.5. The molecule has 78 valence electrons. The summed E-state index contributed by atoms with van der Waals surface area (Å²) in [5, 5.41) is 11.1. The molecule has 5 nitrogen and oxygen atoms in total. The van der Waals surface area contributed by atoms with Gasteiger partial charge in [-0.1, -0.05) is 17.2 Å². The molecule has 0 aliphatic rings. The van der Waals surface area contributed by atoms with E-state index in [1.165, 1.54) is 4.68 Å². The maximum Gasteiger partial charge on any atom is 0.243 e. The molecule has 0 atom stereocenters. The first-order valence-corrected chi connectivity index (χ1v) is 4.72. The van der Waals surface area contributed by atoms with E-state index in [1.807, 2.05) is 24.3 Å². The molecular formula is C9H9ClN4O. The van der Waals surface area contributed by atoms with Crippen molar-refractivity contribution >= 4 is 11.6 Å². The summed E-state index contributed by atoms with van der Waals surface area (Å²) in [7, 11) is 1.63. The van der Waals surface area contributed by atoms with Gasteiger partial charge in [-0.05, 0) is 39.7 Å². The Bertz CT molecular complexity index is 440. The first-order chi connectivity index (χ1) is 7.29. The summed E-state index contributed by atoms with van der Waals surface area (Å²) in [5.74, 6) is 0.821. The predicted octanol–water partition coefficient (Wildman–Crippen LogP) is 1.38. The summed E-state index contributed by atoms with van der Waals surface area (Å²) >= 11 is 5.75. The number of ether oxygens (including phenoxy) is 1. The monoisotopic (exact) mass is 224 g/mol. The minimum atomic E-state index is 0.283. The Morgan fingerprint density at radius 3 is 2.60 bits per heavy atom. The zero-order valence-electron chi connectivity index (χ0n) is 8.09. The van der Waals surface area contributed by atoms with Gasteiger partial charge < -0.3 is 4.74 Å². The van der Waals surface area contributed by atoms with Crippen LogP contribution in [0.1, 0.15) is 5.56 Å². The Kier molecular flexibility index (Phi) is 2.82. The second kappa shape index (κ2) is 4.27. The summed E-state index contributed by atoms with van der Waals surface area (Å²) in [6.07, 6.45) is 0. The van der Waals surface area contributed by atoms with E-state index in [4.69, 9.17) is 16.3 Å². The number of hydrogen-bond donors (Lipinski definition) is 0. The summed E-state index contributed by atoms with van der Waals surface area (Å²) < 4.78 is 6.57. The minimum absolute atomic E-state index is 0.283. The van der Waals surface area contributed by atoms with Crippen LogP contribution in [0.2, 0.25) is 5.28 Å². The van der Waals surface area contributed by atoms with Crippen molar-refractivity contribution in [2.75, 3.05) is 7.11 Å². The highest BCUT2D eigenvalue weighted by Crippen LogP contribution is 2.13. The zero-order chi connectivity index (χ0) is 10.7. The Morgan fingerprint density at radius 2 is 2.07 bits per heavy atom. The van der Waals surface area contributed by atoms with E-state index in [1.54, 1.807) is 7.11 Å². The number of halogens is 1. The maximum atomic E-state index is 5.75. The second-order valence-corrected chi connectivity index (χ2v) is 3.29. The molecule has 0 saturated carbocycles. The van der Waals surface area contributed by atoms with Gasteiger partial charge in [0.15, 0.2) is 0 Å². The molecule has 1 aromatic heterocycles. The van der Waals surface area contributed by atoms with Crippen molar-refractivity contribution in [3.05, 3.63) is 35.1 Å². The van der Waals surface area contributed by atoms with Crippen molar-refractivity contribution in [1.29, 1.82) is 0 Å². The molecule has 0 N–H and O–H groups in total. The van der Waals surface area contributed by atoms with Crippen LogP contribution in [-0.2, 0) is 6.54 Å². The number of hydrogen-bond acceptors (Lipinski definition) is 4. The lowest BCUT2D eigenvalue weighted by Crippen LogP contribution is -2.02. The van der Waals surface area contributed by atoms with Crippen molar-refractivity contribution in [2.45, 2.75) is 6.54 Å². The van der Waals surface area contributed by atoms with Crippen LogP contribution < -0.4 is 4.74 Å². The molecule has 15 heavy (non-hydrogen) atoms. The minimum Gasteiger partial charge on any atom is -0.497 e. The fourth-order valence-corrected chi connectivity index (χ4v) is 1.32. The van der Waals surface area contributed by atoms with Crippen LogP contribution in [-0.4, -0.2) is 27.3 Å². The average molecular weight is 225 g/mol. The molecule has 6 heteroatoms. The van der Waals surface area contributed by atoms with Crippen LogP contribution in [0.15, 0.2) is 24.3 Å². The molecule has 0 aliphatic carbocycles. The molecule has 0 unspecified atom stereocenters. The molecule has 0 fully saturated rings. The van der Waals surface area contributed by atoms with Crippen molar-refractivity contribution in [1.82, 2.24) is 20.2 Å². The number of rotatable bonds is 3. The van der Waals surface area contributed by atoms with E-state index in [9.17, 15) is 0 Å². The molecule has 2 aromatic rings. The molecular weight excluding hydrogens is 216 g/mol. The van der Waals surface area contributed by atoms with Crippen molar-refractivity contribution < 1.29 is 4.74 Å². The first kappa shape index (κ1) is 9.92. The van der Waals surface area contributed by atoms with Crippen molar-refractivity contribution in [3.8, 4) is 5.75 Å². The van der Waals surface area contributed by atoms with Gasteiger partial charge in [-0.25, -0.2) is 4.68 Å². The molecule has 1 aromatic carbocycles. The van der Waals surface area contributed by atoms with Gasteiger partial charge in [0.05, 0.1) is 13.7 Å². The summed E-state index contributed by atoms with van der Waals surface area (Å²) in [5.41, 5.74) is 1.06. The number of methoxy groups -OCH3 is 1. The molecule has 2 rings (SSSR count). The Labute approximate surface area is 91.6 Å². The van der Waals surface area contributed by atoms with Gasteiger partial charge in [-0.15, -0.1) is 0 Å². The average Bonchev–Trinajstić information content (AvgIpc) is 2.66. The molecule has 0 bridgehead atoms. The summed E-state index contributed by atoms with van der Waals surface area (Å²) in [4.78, 5) is 0. The molecule has 0 saturated heterocycles. The van der Waals surface area contributed by atoms with E-state index < -0.39 is 0 Å². The third-order valence-electron chi connectivity index (χ3n) is 1.98. The van der Waals surface area contributed by atoms with Gasteiger partial charge in [0.25, 0.3) is 0 Å². The lowest BCUT2D eigenvalue weighted by Gasteiger charge is -2.03. The Morgan fingerprint density at radius 1 is 1.33 bits per heavy atom. The smallest absolute Gasteiger partial charge is 0.243 e. The highest BCUT2D eigenvalue weighted by molar-refractivity contribution is 6.28. The molecule has 0 radical (unpaired) electrons. The van der Waals surface area contributed by atoms with Crippen LogP contribution in [0.25, 0.3) is 0 Å². The van der Waals surface area contributed by atoms with Gasteiger partial charge in [-0.2, -0.15) is 0 Å². The van der Waals surface area contributed by atoms with E-state index in [2.05, 4.69) is 15.5 Å². The standard InChI is InChI=1S/C9H9ClN4O/c1-15-8-4-2-7(3-5-8)6-14-9(10)11-12-13-14/h2-5H,6H2,1H3. The molecule has 0 aliphatic heterocycles.